The molecule has 0 radical (unpaired) electrons. The van der Waals surface area contributed by atoms with Gasteiger partial charge in [-0.15, -0.1) is 0 Å². The molecule has 1 spiro atoms. The molecular weight excluding hydrogens is 210 g/mol. The molecule has 98 valence electrons. The highest BCUT2D eigenvalue weighted by molar-refractivity contribution is 5.81. The standard InChI is InChI=1S/C14H27N3/c1-10(2)8-17-13(15)16-9-14(17)6-11(3)5-12(4)7-14/h10-12H,5-9H2,1-4H3,(H2,15,16). The predicted molar refractivity (Wildman–Crippen MR) is 72.9 cm³/mol. The summed E-state index contributed by atoms with van der Waals surface area (Å²) in [6, 6.07) is 0. The smallest absolute Gasteiger partial charge is 0.191 e. The summed E-state index contributed by atoms with van der Waals surface area (Å²) in [6.45, 7) is 11.2. The van der Waals surface area contributed by atoms with Crippen molar-refractivity contribution in [3.05, 3.63) is 0 Å². The summed E-state index contributed by atoms with van der Waals surface area (Å²) >= 11 is 0. The Hall–Kier alpha value is -0.730. The Morgan fingerprint density at radius 2 is 1.94 bits per heavy atom. The first-order valence-electron chi connectivity index (χ1n) is 7.00. The molecule has 1 aliphatic heterocycles. The summed E-state index contributed by atoms with van der Waals surface area (Å²) in [6.07, 6.45) is 3.87. The average molecular weight is 237 g/mol. The molecule has 1 aliphatic carbocycles. The van der Waals surface area contributed by atoms with Crippen molar-refractivity contribution in [2.24, 2.45) is 28.5 Å². The van der Waals surface area contributed by atoms with Gasteiger partial charge in [0.05, 0.1) is 12.1 Å². The molecule has 2 N–H and O–H groups in total. The van der Waals surface area contributed by atoms with E-state index in [1.54, 1.807) is 0 Å². The van der Waals surface area contributed by atoms with E-state index in [0.29, 0.717) is 5.92 Å². The van der Waals surface area contributed by atoms with Crippen LogP contribution in [0.2, 0.25) is 0 Å². The van der Waals surface area contributed by atoms with Gasteiger partial charge in [-0.25, -0.2) is 0 Å². The number of rotatable bonds is 2. The van der Waals surface area contributed by atoms with Crippen LogP contribution in [-0.4, -0.2) is 29.5 Å². The van der Waals surface area contributed by atoms with E-state index >= 15 is 0 Å². The highest BCUT2D eigenvalue weighted by atomic mass is 15.4. The summed E-state index contributed by atoms with van der Waals surface area (Å²) < 4.78 is 0. The van der Waals surface area contributed by atoms with Gasteiger partial charge < -0.3 is 10.6 Å². The number of nitrogens with zero attached hydrogens (tertiary/aromatic N) is 2. The molecular formula is C14H27N3. The normalized spacial score (nSPS) is 37.9. The Morgan fingerprint density at radius 3 is 2.47 bits per heavy atom. The van der Waals surface area contributed by atoms with Gasteiger partial charge in [0.2, 0.25) is 0 Å². The topological polar surface area (TPSA) is 41.6 Å². The van der Waals surface area contributed by atoms with Crippen LogP contribution in [0.4, 0.5) is 0 Å². The van der Waals surface area contributed by atoms with Gasteiger partial charge in [-0.05, 0) is 37.0 Å². The number of hydrogen-bond acceptors (Lipinski definition) is 3. The van der Waals surface area contributed by atoms with Crippen LogP contribution in [0.25, 0.3) is 0 Å². The van der Waals surface area contributed by atoms with E-state index in [4.69, 9.17) is 5.73 Å². The third kappa shape index (κ3) is 2.43. The molecule has 1 heterocycles. The van der Waals surface area contributed by atoms with Crippen molar-refractivity contribution in [2.45, 2.75) is 52.5 Å². The van der Waals surface area contributed by atoms with Crippen LogP contribution in [0.3, 0.4) is 0 Å². The molecule has 3 heteroatoms. The van der Waals surface area contributed by atoms with Gasteiger partial charge in [-0.2, -0.15) is 0 Å². The van der Waals surface area contributed by atoms with Crippen LogP contribution < -0.4 is 5.73 Å². The fourth-order valence-electron chi connectivity index (χ4n) is 3.88. The van der Waals surface area contributed by atoms with Crippen molar-refractivity contribution in [2.75, 3.05) is 13.1 Å². The van der Waals surface area contributed by atoms with Crippen molar-refractivity contribution in [1.29, 1.82) is 0 Å². The Balaban J connectivity index is 2.18. The highest BCUT2D eigenvalue weighted by Gasteiger charge is 2.46. The first kappa shape index (κ1) is 12.7. The van der Waals surface area contributed by atoms with Gasteiger partial charge in [0.25, 0.3) is 0 Å². The van der Waals surface area contributed by atoms with Gasteiger partial charge in [-0.1, -0.05) is 27.7 Å². The summed E-state index contributed by atoms with van der Waals surface area (Å²) in [5.74, 6) is 3.02. The largest absolute Gasteiger partial charge is 0.370 e. The van der Waals surface area contributed by atoms with Crippen LogP contribution in [0.5, 0.6) is 0 Å². The maximum Gasteiger partial charge on any atom is 0.191 e. The molecule has 0 saturated heterocycles. The molecule has 2 atom stereocenters. The number of aliphatic imine (C=N–C) groups is 1. The molecule has 2 aliphatic rings. The summed E-state index contributed by atoms with van der Waals surface area (Å²) in [5, 5.41) is 0. The minimum atomic E-state index is 0.242. The fraction of sp³-hybridized carbons (Fsp3) is 0.929. The fourth-order valence-corrected chi connectivity index (χ4v) is 3.88. The van der Waals surface area contributed by atoms with Crippen molar-refractivity contribution in [3.63, 3.8) is 0 Å². The van der Waals surface area contributed by atoms with E-state index in [0.717, 1.165) is 30.9 Å². The van der Waals surface area contributed by atoms with E-state index in [-0.39, 0.29) is 5.54 Å². The van der Waals surface area contributed by atoms with Gasteiger partial charge in [-0.3, -0.25) is 4.99 Å². The Morgan fingerprint density at radius 1 is 1.35 bits per heavy atom. The minimum absolute atomic E-state index is 0.242. The maximum absolute atomic E-state index is 6.10. The zero-order chi connectivity index (χ0) is 12.6. The van der Waals surface area contributed by atoms with Crippen LogP contribution in [0.1, 0.15) is 47.0 Å². The van der Waals surface area contributed by atoms with E-state index in [1.165, 1.54) is 19.3 Å². The van der Waals surface area contributed by atoms with Gasteiger partial charge >= 0.3 is 0 Å². The molecule has 0 amide bonds. The Labute approximate surface area is 105 Å². The molecule has 17 heavy (non-hydrogen) atoms. The third-order valence-electron chi connectivity index (χ3n) is 4.19. The summed E-state index contributed by atoms with van der Waals surface area (Å²) in [4.78, 5) is 6.94. The summed E-state index contributed by atoms with van der Waals surface area (Å²) in [7, 11) is 0. The van der Waals surface area contributed by atoms with E-state index in [2.05, 4.69) is 37.6 Å². The van der Waals surface area contributed by atoms with Crippen LogP contribution in [-0.2, 0) is 0 Å². The Kier molecular flexibility index (Phi) is 3.37. The van der Waals surface area contributed by atoms with E-state index in [9.17, 15) is 0 Å². The van der Waals surface area contributed by atoms with Crippen molar-refractivity contribution in [1.82, 2.24) is 4.90 Å². The molecule has 3 nitrogen and oxygen atoms in total. The first-order chi connectivity index (χ1) is 7.93. The molecule has 1 fully saturated rings. The number of hydrogen-bond donors (Lipinski definition) is 1. The quantitative estimate of drug-likeness (QED) is 0.801. The number of guanidine groups is 1. The lowest BCUT2D eigenvalue weighted by atomic mass is 9.71. The SMILES string of the molecule is CC(C)CN1C(N)=NCC12CC(C)CC(C)C2. The molecule has 2 rings (SSSR count). The van der Waals surface area contributed by atoms with Gasteiger partial charge in [0.15, 0.2) is 5.96 Å². The zero-order valence-corrected chi connectivity index (χ0v) is 11.7. The predicted octanol–water partition coefficient (Wildman–Crippen LogP) is 2.47. The van der Waals surface area contributed by atoms with Crippen LogP contribution >= 0.6 is 0 Å². The lowest BCUT2D eigenvalue weighted by Crippen LogP contribution is -2.56. The second-order valence-electron chi connectivity index (χ2n) is 6.76. The molecule has 0 aromatic carbocycles. The van der Waals surface area contributed by atoms with Crippen molar-refractivity contribution in [3.8, 4) is 0 Å². The molecule has 0 bridgehead atoms. The molecule has 2 unspecified atom stereocenters. The van der Waals surface area contributed by atoms with E-state index < -0.39 is 0 Å². The average Bonchev–Trinajstić information content (AvgIpc) is 2.45. The molecule has 1 saturated carbocycles. The minimum Gasteiger partial charge on any atom is -0.370 e. The second kappa shape index (κ2) is 4.51. The monoisotopic (exact) mass is 237 g/mol. The highest BCUT2D eigenvalue weighted by Crippen LogP contribution is 2.42. The second-order valence-corrected chi connectivity index (χ2v) is 6.76. The van der Waals surface area contributed by atoms with E-state index in [1.807, 2.05) is 0 Å². The molecule has 0 aromatic heterocycles. The molecule has 0 aromatic rings. The maximum atomic E-state index is 6.10. The summed E-state index contributed by atoms with van der Waals surface area (Å²) in [5.41, 5.74) is 6.34. The van der Waals surface area contributed by atoms with Gasteiger partial charge in [0, 0.05) is 6.54 Å². The van der Waals surface area contributed by atoms with Crippen LogP contribution in [0, 0.1) is 17.8 Å². The lowest BCUT2D eigenvalue weighted by Gasteiger charge is -2.47. The first-order valence-corrected chi connectivity index (χ1v) is 7.00. The zero-order valence-electron chi connectivity index (χ0n) is 11.7. The van der Waals surface area contributed by atoms with Crippen molar-refractivity contribution < 1.29 is 0 Å². The van der Waals surface area contributed by atoms with Gasteiger partial charge in [0.1, 0.15) is 0 Å². The lowest BCUT2D eigenvalue weighted by molar-refractivity contribution is 0.0764. The number of nitrogens with two attached hydrogens (primary N) is 1. The van der Waals surface area contributed by atoms with Crippen LogP contribution in [0.15, 0.2) is 4.99 Å². The Bertz CT molecular complexity index is 299. The van der Waals surface area contributed by atoms with Crippen molar-refractivity contribution >= 4 is 5.96 Å². The third-order valence-corrected chi connectivity index (χ3v) is 4.19.